The highest BCUT2D eigenvalue weighted by Gasteiger charge is 2.42. The van der Waals surface area contributed by atoms with E-state index in [1.807, 2.05) is 6.92 Å². The number of likely N-dealkylation sites (tertiary alicyclic amines) is 1. The molecule has 1 aliphatic heterocycles. The molecule has 0 aromatic carbocycles. The van der Waals surface area contributed by atoms with Crippen molar-refractivity contribution >= 4 is 11.9 Å². The van der Waals surface area contributed by atoms with Gasteiger partial charge in [0.25, 0.3) is 0 Å². The third-order valence-corrected chi connectivity index (χ3v) is 3.52. The number of piperidine rings is 1. The Morgan fingerprint density at radius 2 is 2.00 bits per heavy atom. The fourth-order valence-corrected chi connectivity index (χ4v) is 2.13. The van der Waals surface area contributed by atoms with Crippen molar-refractivity contribution in [3.8, 4) is 0 Å². The molecular weight excluding hydrogens is 236 g/mol. The molecule has 18 heavy (non-hydrogen) atoms. The Morgan fingerprint density at radius 3 is 2.39 bits per heavy atom. The van der Waals surface area contributed by atoms with Crippen LogP contribution < -0.4 is 5.73 Å². The molecule has 1 atom stereocenters. The van der Waals surface area contributed by atoms with E-state index in [1.54, 1.807) is 4.90 Å². The maximum Gasteiger partial charge on any atom is 0.336 e. The lowest BCUT2D eigenvalue weighted by Crippen LogP contribution is -2.52. The Kier molecular flexibility index (Phi) is 5.10. The second-order valence-electron chi connectivity index (χ2n) is 4.90. The lowest BCUT2D eigenvalue weighted by molar-refractivity contribution is -0.170. The zero-order chi connectivity index (χ0) is 13.8. The number of carboxylic acids is 1. The molecule has 1 saturated heterocycles. The van der Waals surface area contributed by atoms with Crippen LogP contribution in [0.1, 0.15) is 32.6 Å². The first-order valence-corrected chi connectivity index (χ1v) is 6.23. The highest BCUT2D eigenvalue weighted by Crippen LogP contribution is 2.26. The van der Waals surface area contributed by atoms with Crippen LogP contribution in [0, 0.1) is 0 Å². The van der Waals surface area contributed by atoms with E-state index in [9.17, 15) is 9.59 Å². The summed E-state index contributed by atoms with van der Waals surface area (Å²) in [5.74, 6) is -0.907. The Bertz CT molecular complexity index is 309. The summed E-state index contributed by atoms with van der Waals surface area (Å²) in [6, 6.07) is 0.0100. The average molecular weight is 258 g/mol. The maximum absolute atomic E-state index is 11.9. The maximum atomic E-state index is 11.9. The molecule has 6 nitrogen and oxygen atoms in total. The summed E-state index contributed by atoms with van der Waals surface area (Å²) in [5.41, 5.74) is 4.48. The van der Waals surface area contributed by atoms with E-state index in [4.69, 9.17) is 15.6 Å². The fourth-order valence-electron chi connectivity index (χ4n) is 2.13. The molecule has 1 amide bonds. The van der Waals surface area contributed by atoms with Gasteiger partial charge in [0.1, 0.15) is 0 Å². The molecule has 0 aliphatic carbocycles. The number of hydrogen-bond donors (Lipinski definition) is 2. The predicted molar refractivity (Wildman–Crippen MR) is 66.1 cm³/mol. The summed E-state index contributed by atoms with van der Waals surface area (Å²) in [5, 5.41) is 9.14. The number of nitrogens with two attached hydrogens (primary N) is 1. The van der Waals surface area contributed by atoms with E-state index >= 15 is 0 Å². The second kappa shape index (κ2) is 6.15. The molecule has 1 unspecified atom stereocenters. The summed E-state index contributed by atoms with van der Waals surface area (Å²) in [4.78, 5) is 24.7. The standard InChI is InChI=1S/C12H22N2O4/c1-9(13)3-4-10(15)14-7-5-12(18-2,6-8-14)11(16)17/h9H,3-8,13H2,1-2H3,(H,16,17). The van der Waals surface area contributed by atoms with Crippen molar-refractivity contribution in [3.63, 3.8) is 0 Å². The lowest BCUT2D eigenvalue weighted by Gasteiger charge is -2.37. The summed E-state index contributed by atoms with van der Waals surface area (Å²) < 4.78 is 5.11. The van der Waals surface area contributed by atoms with E-state index in [1.165, 1.54) is 7.11 Å². The topological polar surface area (TPSA) is 92.9 Å². The number of rotatable bonds is 5. The number of methoxy groups -OCH3 is 1. The molecule has 0 spiro atoms. The molecule has 1 rings (SSSR count). The third-order valence-electron chi connectivity index (χ3n) is 3.52. The predicted octanol–water partition coefficient (Wildman–Crippen LogP) is 0.206. The van der Waals surface area contributed by atoms with Crippen LogP contribution in [0.2, 0.25) is 0 Å². The largest absolute Gasteiger partial charge is 0.479 e. The first-order valence-electron chi connectivity index (χ1n) is 6.23. The van der Waals surface area contributed by atoms with E-state index in [0.717, 1.165) is 0 Å². The van der Waals surface area contributed by atoms with E-state index in [2.05, 4.69) is 0 Å². The highest BCUT2D eigenvalue weighted by atomic mass is 16.5. The third kappa shape index (κ3) is 3.43. The van der Waals surface area contributed by atoms with Gasteiger partial charge in [-0.25, -0.2) is 4.79 Å². The molecule has 104 valence electrons. The molecule has 0 saturated carbocycles. The van der Waals surface area contributed by atoms with Gasteiger partial charge in [0.2, 0.25) is 5.91 Å². The fraction of sp³-hybridized carbons (Fsp3) is 0.833. The van der Waals surface area contributed by atoms with Gasteiger partial charge in [0, 0.05) is 45.5 Å². The zero-order valence-corrected chi connectivity index (χ0v) is 11.0. The normalized spacial score (nSPS) is 20.5. The van der Waals surface area contributed by atoms with Crippen molar-refractivity contribution in [2.75, 3.05) is 20.2 Å². The lowest BCUT2D eigenvalue weighted by atomic mass is 9.91. The van der Waals surface area contributed by atoms with Gasteiger partial charge in [0.05, 0.1) is 0 Å². The Hall–Kier alpha value is -1.14. The molecule has 3 N–H and O–H groups in total. The van der Waals surface area contributed by atoms with Crippen LogP contribution in [0.4, 0.5) is 0 Å². The first kappa shape index (κ1) is 14.9. The number of carbonyl (C=O) groups excluding carboxylic acids is 1. The van der Waals surface area contributed by atoms with Gasteiger partial charge in [-0.05, 0) is 13.3 Å². The van der Waals surface area contributed by atoms with Crippen LogP contribution in [-0.2, 0) is 14.3 Å². The van der Waals surface area contributed by atoms with E-state index < -0.39 is 11.6 Å². The van der Waals surface area contributed by atoms with Gasteiger partial charge in [-0.1, -0.05) is 0 Å². The van der Waals surface area contributed by atoms with Crippen LogP contribution in [0.3, 0.4) is 0 Å². The summed E-state index contributed by atoms with van der Waals surface area (Å²) in [6.07, 6.45) is 1.75. The number of carboxylic acid groups (broad SMARTS) is 1. The minimum atomic E-state index is -1.13. The molecule has 1 fully saturated rings. The number of aliphatic carboxylic acids is 1. The number of carbonyl (C=O) groups is 2. The van der Waals surface area contributed by atoms with Gasteiger partial charge in [-0.2, -0.15) is 0 Å². The first-order chi connectivity index (χ1) is 8.41. The van der Waals surface area contributed by atoms with Gasteiger partial charge in [0.15, 0.2) is 5.60 Å². The van der Waals surface area contributed by atoms with Crippen molar-refractivity contribution in [1.29, 1.82) is 0 Å². The van der Waals surface area contributed by atoms with Crippen LogP contribution >= 0.6 is 0 Å². The van der Waals surface area contributed by atoms with Crippen molar-refractivity contribution in [2.45, 2.75) is 44.2 Å². The van der Waals surface area contributed by atoms with Crippen molar-refractivity contribution in [1.82, 2.24) is 4.90 Å². The average Bonchev–Trinajstić information content (AvgIpc) is 2.35. The van der Waals surface area contributed by atoms with Crippen molar-refractivity contribution in [2.24, 2.45) is 5.73 Å². The minimum Gasteiger partial charge on any atom is -0.479 e. The number of amides is 1. The molecule has 1 heterocycles. The highest BCUT2D eigenvalue weighted by molar-refractivity contribution is 5.79. The molecule has 0 aromatic rings. The minimum absolute atomic E-state index is 0.0100. The van der Waals surface area contributed by atoms with Gasteiger partial charge in [-0.3, -0.25) is 4.79 Å². The van der Waals surface area contributed by atoms with Gasteiger partial charge >= 0.3 is 5.97 Å². The van der Waals surface area contributed by atoms with Gasteiger partial charge in [-0.15, -0.1) is 0 Å². The Labute approximate surface area is 107 Å². The molecule has 0 radical (unpaired) electrons. The summed E-state index contributed by atoms with van der Waals surface area (Å²) >= 11 is 0. The summed E-state index contributed by atoms with van der Waals surface area (Å²) in [7, 11) is 1.40. The monoisotopic (exact) mass is 258 g/mol. The van der Waals surface area contributed by atoms with Crippen LogP contribution in [0.15, 0.2) is 0 Å². The SMILES string of the molecule is COC1(C(=O)O)CCN(C(=O)CCC(C)N)CC1. The molecular formula is C12H22N2O4. The quantitative estimate of drug-likeness (QED) is 0.735. The van der Waals surface area contributed by atoms with Crippen LogP contribution in [0.25, 0.3) is 0 Å². The molecule has 0 aromatic heterocycles. The second-order valence-corrected chi connectivity index (χ2v) is 4.90. The van der Waals surface area contributed by atoms with Crippen molar-refractivity contribution < 1.29 is 19.4 Å². The number of hydrogen-bond acceptors (Lipinski definition) is 4. The number of nitrogens with zero attached hydrogens (tertiary/aromatic N) is 1. The van der Waals surface area contributed by atoms with Gasteiger partial charge < -0.3 is 20.5 Å². The molecule has 0 bridgehead atoms. The molecule has 6 heteroatoms. The van der Waals surface area contributed by atoms with E-state index in [-0.39, 0.29) is 11.9 Å². The van der Waals surface area contributed by atoms with Crippen molar-refractivity contribution in [3.05, 3.63) is 0 Å². The Morgan fingerprint density at radius 1 is 1.44 bits per heavy atom. The Balaban J connectivity index is 2.48. The smallest absolute Gasteiger partial charge is 0.336 e. The molecule has 1 aliphatic rings. The van der Waals surface area contributed by atoms with E-state index in [0.29, 0.717) is 38.8 Å². The number of ether oxygens (including phenoxy) is 1. The summed E-state index contributed by atoms with van der Waals surface area (Å²) in [6.45, 7) is 2.72. The zero-order valence-electron chi connectivity index (χ0n) is 11.0. The van der Waals surface area contributed by atoms with Crippen LogP contribution in [-0.4, -0.2) is 53.7 Å². The van der Waals surface area contributed by atoms with Crippen LogP contribution in [0.5, 0.6) is 0 Å².